The van der Waals surface area contributed by atoms with Crippen molar-refractivity contribution in [3.8, 4) is 0 Å². The molecule has 2 aromatic carbocycles. The lowest BCUT2D eigenvalue weighted by Gasteiger charge is -2.34. The summed E-state index contributed by atoms with van der Waals surface area (Å²) in [7, 11) is 0. The quantitative estimate of drug-likeness (QED) is 0.492. The first-order valence-electron chi connectivity index (χ1n) is 12.2. The number of hydrogen-bond donors (Lipinski definition) is 2. The number of esters is 1. The Labute approximate surface area is 211 Å². The number of para-hydroxylation sites is 1. The molecule has 1 heterocycles. The third-order valence-corrected chi connectivity index (χ3v) is 5.77. The molecule has 2 N–H and O–H groups in total. The normalized spacial score (nSPS) is 15.3. The third-order valence-electron chi connectivity index (χ3n) is 5.77. The Hall–Kier alpha value is -3.88. The lowest BCUT2D eigenvalue weighted by atomic mass is 10.1. The van der Waals surface area contributed by atoms with Crippen molar-refractivity contribution >= 4 is 35.1 Å². The van der Waals surface area contributed by atoms with Crippen LogP contribution in [0.25, 0.3) is 0 Å². The maximum Gasteiger partial charge on any atom is 0.308 e. The summed E-state index contributed by atoms with van der Waals surface area (Å²) in [6.07, 6.45) is -0.194. The maximum atomic E-state index is 13.1. The smallest absolute Gasteiger partial charge is 0.308 e. The highest BCUT2D eigenvalue weighted by molar-refractivity contribution is 6.06. The molecule has 2 aromatic rings. The van der Waals surface area contributed by atoms with E-state index in [0.717, 1.165) is 5.69 Å². The molecule has 1 saturated heterocycles. The summed E-state index contributed by atoms with van der Waals surface area (Å²) in [5, 5.41) is 5.76. The molecule has 0 radical (unpaired) electrons. The minimum absolute atomic E-state index is 0.0847. The van der Waals surface area contributed by atoms with Gasteiger partial charge in [-0.1, -0.05) is 38.1 Å². The maximum absolute atomic E-state index is 13.1. The minimum atomic E-state index is -0.912. The average molecular weight is 495 g/mol. The molecule has 1 atom stereocenters. The fraction of sp³-hybridized carbons (Fsp3) is 0.407. The predicted octanol–water partition coefficient (Wildman–Crippen LogP) is 2.68. The first-order chi connectivity index (χ1) is 17.3. The zero-order valence-corrected chi connectivity index (χ0v) is 21.0. The standard InChI is InChI=1S/C27H34N4O5/c1-4-30(22-11-6-5-7-12-22)27(35)20-9-8-10-21(15-20)29-17-24(32)31-14-13-28-26(34)23(31)16-25(33)36-18-19(2)3/h5-12,15,19,23,29H,4,13-14,16-18H2,1-3H3,(H,28,34). The van der Waals surface area contributed by atoms with Gasteiger partial charge in [0.05, 0.1) is 19.6 Å². The van der Waals surface area contributed by atoms with E-state index >= 15 is 0 Å². The van der Waals surface area contributed by atoms with Crippen molar-refractivity contribution < 1.29 is 23.9 Å². The molecule has 0 spiro atoms. The van der Waals surface area contributed by atoms with Crippen LogP contribution in [0.5, 0.6) is 0 Å². The van der Waals surface area contributed by atoms with Crippen LogP contribution in [0, 0.1) is 5.92 Å². The first-order valence-corrected chi connectivity index (χ1v) is 12.2. The number of anilines is 2. The van der Waals surface area contributed by atoms with Crippen LogP contribution in [0.2, 0.25) is 0 Å². The molecule has 1 aliphatic heterocycles. The van der Waals surface area contributed by atoms with Gasteiger partial charge in [-0.25, -0.2) is 0 Å². The van der Waals surface area contributed by atoms with Crippen molar-refractivity contribution in [3.05, 3.63) is 60.2 Å². The Kier molecular flexibility index (Phi) is 9.44. The molecule has 0 aliphatic carbocycles. The van der Waals surface area contributed by atoms with Gasteiger partial charge in [0, 0.05) is 36.6 Å². The summed E-state index contributed by atoms with van der Waals surface area (Å²) in [5.41, 5.74) is 1.90. The van der Waals surface area contributed by atoms with Crippen molar-refractivity contribution in [2.75, 3.05) is 43.0 Å². The largest absolute Gasteiger partial charge is 0.465 e. The Morgan fingerprint density at radius 3 is 2.58 bits per heavy atom. The van der Waals surface area contributed by atoms with Gasteiger partial charge in [-0.05, 0) is 43.2 Å². The number of carbonyl (C=O) groups excluding carboxylic acids is 4. The first kappa shape index (κ1) is 26.7. The number of hydrogen-bond acceptors (Lipinski definition) is 6. The minimum Gasteiger partial charge on any atom is -0.465 e. The van der Waals surface area contributed by atoms with Gasteiger partial charge < -0.3 is 25.2 Å². The Morgan fingerprint density at radius 2 is 1.89 bits per heavy atom. The number of rotatable bonds is 10. The van der Waals surface area contributed by atoms with E-state index in [1.165, 1.54) is 4.90 Å². The van der Waals surface area contributed by atoms with E-state index in [9.17, 15) is 19.2 Å². The molecule has 9 nitrogen and oxygen atoms in total. The zero-order valence-electron chi connectivity index (χ0n) is 21.0. The number of piperazine rings is 1. The van der Waals surface area contributed by atoms with Crippen molar-refractivity contribution in [1.82, 2.24) is 10.2 Å². The Balaban J connectivity index is 1.64. The second-order valence-electron chi connectivity index (χ2n) is 8.99. The molecule has 0 bridgehead atoms. The highest BCUT2D eigenvalue weighted by Crippen LogP contribution is 2.19. The van der Waals surface area contributed by atoms with Crippen LogP contribution in [0.3, 0.4) is 0 Å². The number of amides is 3. The number of benzene rings is 2. The number of nitrogens with zero attached hydrogens (tertiary/aromatic N) is 2. The second-order valence-corrected chi connectivity index (χ2v) is 8.99. The van der Waals surface area contributed by atoms with E-state index in [1.54, 1.807) is 29.2 Å². The fourth-order valence-corrected chi connectivity index (χ4v) is 3.94. The lowest BCUT2D eigenvalue weighted by molar-refractivity contribution is -0.152. The van der Waals surface area contributed by atoms with Gasteiger partial charge in [0.2, 0.25) is 11.8 Å². The summed E-state index contributed by atoms with van der Waals surface area (Å²) in [4.78, 5) is 53.8. The van der Waals surface area contributed by atoms with Crippen LogP contribution < -0.4 is 15.5 Å². The van der Waals surface area contributed by atoms with Gasteiger partial charge in [-0.15, -0.1) is 0 Å². The summed E-state index contributed by atoms with van der Waals surface area (Å²) in [5.74, 6) is -1.17. The Morgan fingerprint density at radius 1 is 1.14 bits per heavy atom. The van der Waals surface area contributed by atoms with Crippen LogP contribution in [0.4, 0.5) is 11.4 Å². The van der Waals surface area contributed by atoms with Crippen molar-refractivity contribution in [1.29, 1.82) is 0 Å². The van der Waals surface area contributed by atoms with E-state index in [4.69, 9.17) is 4.74 Å². The van der Waals surface area contributed by atoms with E-state index < -0.39 is 12.0 Å². The molecule has 36 heavy (non-hydrogen) atoms. The topological polar surface area (TPSA) is 108 Å². The van der Waals surface area contributed by atoms with Gasteiger partial charge in [0.1, 0.15) is 6.04 Å². The van der Waals surface area contributed by atoms with Crippen LogP contribution in [-0.4, -0.2) is 67.4 Å². The van der Waals surface area contributed by atoms with Crippen LogP contribution in [0.15, 0.2) is 54.6 Å². The number of carbonyl (C=O) groups is 4. The van der Waals surface area contributed by atoms with E-state index in [-0.39, 0.29) is 43.2 Å². The van der Waals surface area contributed by atoms with Crippen LogP contribution in [-0.2, 0) is 19.1 Å². The van der Waals surface area contributed by atoms with Gasteiger partial charge in [-0.2, -0.15) is 0 Å². The molecule has 1 fully saturated rings. The highest BCUT2D eigenvalue weighted by atomic mass is 16.5. The van der Waals surface area contributed by atoms with E-state index in [2.05, 4.69) is 10.6 Å². The van der Waals surface area contributed by atoms with Gasteiger partial charge in [0.25, 0.3) is 5.91 Å². The predicted molar refractivity (Wildman–Crippen MR) is 138 cm³/mol. The molecule has 3 rings (SSSR count). The summed E-state index contributed by atoms with van der Waals surface area (Å²) >= 11 is 0. The average Bonchev–Trinajstić information content (AvgIpc) is 2.88. The molecule has 0 saturated carbocycles. The van der Waals surface area contributed by atoms with E-state index in [1.807, 2.05) is 51.1 Å². The van der Waals surface area contributed by atoms with Crippen LogP contribution in [0.1, 0.15) is 37.6 Å². The molecule has 1 unspecified atom stereocenters. The third kappa shape index (κ3) is 7.07. The molecule has 0 aromatic heterocycles. The lowest BCUT2D eigenvalue weighted by Crippen LogP contribution is -2.58. The van der Waals surface area contributed by atoms with Crippen molar-refractivity contribution in [3.63, 3.8) is 0 Å². The summed E-state index contributed by atoms with van der Waals surface area (Å²) < 4.78 is 5.20. The fourth-order valence-electron chi connectivity index (χ4n) is 3.94. The SMILES string of the molecule is CCN(C(=O)c1cccc(NCC(=O)N2CCNC(=O)C2CC(=O)OCC(C)C)c1)c1ccccc1. The zero-order chi connectivity index (χ0) is 26.1. The molecule has 3 amide bonds. The summed E-state index contributed by atoms with van der Waals surface area (Å²) in [6, 6.07) is 15.5. The van der Waals surface area contributed by atoms with Gasteiger partial charge in [-0.3, -0.25) is 19.2 Å². The molecular formula is C27H34N4O5. The van der Waals surface area contributed by atoms with E-state index in [0.29, 0.717) is 30.9 Å². The monoisotopic (exact) mass is 494 g/mol. The second kappa shape index (κ2) is 12.7. The highest BCUT2D eigenvalue weighted by Gasteiger charge is 2.35. The van der Waals surface area contributed by atoms with Crippen molar-refractivity contribution in [2.24, 2.45) is 5.92 Å². The van der Waals surface area contributed by atoms with Crippen molar-refractivity contribution in [2.45, 2.75) is 33.2 Å². The molecule has 192 valence electrons. The Bertz CT molecular complexity index is 1070. The van der Waals surface area contributed by atoms with Crippen LogP contribution >= 0.6 is 0 Å². The number of ether oxygens (including phenoxy) is 1. The summed E-state index contributed by atoms with van der Waals surface area (Å²) in [6.45, 7) is 7.06. The van der Waals surface area contributed by atoms with Gasteiger partial charge >= 0.3 is 5.97 Å². The molecule has 9 heteroatoms. The molecular weight excluding hydrogens is 460 g/mol. The number of nitrogens with one attached hydrogen (secondary N) is 2. The molecule has 1 aliphatic rings. The van der Waals surface area contributed by atoms with Gasteiger partial charge in [0.15, 0.2) is 0 Å².